The molecule has 2 aromatic rings. The van der Waals surface area contributed by atoms with Gasteiger partial charge in [-0.2, -0.15) is 0 Å². The van der Waals surface area contributed by atoms with E-state index in [4.69, 9.17) is 12.2 Å². The van der Waals surface area contributed by atoms with E-state index >= 15 is 0 Å². The second-order valence-corrected chi connectivity index (χ2v) is 7.54. The number of aryl methyl sites for hydroxylation is 3. The number of thiocarbonyl (C=S) groups is 1. The van der Waals surface area contributed by atoms with Gasteiger partial charge in [-0.1, -0.05) is 17.7 Å². The Hall–Kier alpha value is -1.98. The number of hydrogen-bond acceptors (Lipinski definition) is 3. The van der Waals surface area contributed by atoms with Crippen LogP contribution in [0.1, 0.15) is 35.2 Å². The second kappa shape index (κ2) is 9.10. The normalized spacial score (nSPS) is 12.1. The Bertz CT molecular complexity index is 720. The fourth-order valence-corrected chi connectivity index (χ4v) is 3.51. The van der Waals surface area contributed by atoms with Crippen LogP contribution in [0.5, 0.6) is 0 Å². The average molecular weight is 371 g/mol. The zero-order chi connectivity index (χ0) is 19.3. The van der Waals surface area contributed by atoms with Crippen LogP contribution in [0, 0.1) is 20.8 Å². The molecule has 0 aliphatic carbocycles. The molecule has 0 aliphatic rings. The molecule has 1 heterocycles. The van der Waals surface area contributed by atoms with Crippen molar-refractivity contribution in [2.24, 2.45) is 0 Å². The van der Waals surface area contributed by atoms with Gasteiger partial charge in [-0.3, -0.25) is 4.98 Å². The third kappa shape index (κ3) is 5.26. The van der Waals surface area contributed by atoms with Crippen LogP contribution in [0.15, 0.2) is 36.7 Å². The monoisotopic (exact) mass is 370 g/mol. The standard InChI is InChI=1S/C21H30N4S/c1-15-13-16(2)20(17(3)14-15)23-21(26)25(12-11-24(5)6)18(4)19-7-9-22-10-8-19/h7-10,13-14,18H,11-12H2,1-6H3,(H,23,26)/t18-/m1/s1. The number of aromatic nitrogens is 1. The van der Waals surface area contributed by atoms with Crippen molar-refractivity contribution < 1.29 is 0 Å². The van der Waals surface area contributed by atoms with Crippen LogP contribution in [0.3, 0.4) is 0 Å². The fourth-order valence-electron chi connectivity index (χ4n) is 3.16. The van der Waals surface area contributed by atoms with Crippen molar-refractivity contribution in [1.82, 2.24) is 14.8 Å². The summed E-state index contributed by atoms with van der Waals surface area (Å²) in [6, 6.07) is 8.66. The quantitative estimate of drug-likeness (QED) is 0.765. The van der Waals surface area contributed by atoms with Crippen molar-refractivity contribution in [3.63, 3.8) is 0 Å². The Labute approximate surface area is 163 Å². The van der Waals surface area contributed by atoms with Gasteiger partial charge in [-0.15, -0.1) is 0 Å². The van der Waals surface area contributed by atoms with Gasteiger partial charge in [0, 0.05) is 31.2 Å². The van der Waals surface area contributed by atoms with Crippen LogP contribution in [0.25, 0.3) is 0 Å². The molecule has 5 heteroatoms. The van der Waals surface area contributed by atoms with Crippen molar-refractivity contribution in [1.29, 1.82) is 0 Å². The van der Waals surface area contributed by atoms with Crippen molar-refractivity contribution in [2.75, 3.05) is 32.5 Å². The molecular formula is C21H30N4S. The summed E-state index contributed by atoms with van der Waals surface area (Å²) in [5, 5.41) is 4.26. The lowest BCUT2D eigenvalue weighted by atomic mass is 10.1. The predicted octanol–water partition coefficient (Wildman–Crippen LogP) is 4.33. The Kier molecular flexibility index (Phi) is 7.12. The first-order chi connectivity index (χ1) is 12.3. The molecule has 0 saturated carbocycles. The third-order valence-corrected chi connectivity index (χ3v) is 4.95. The maximum atomic E-state index is 5.82. The summed E-state index contributed by atoms with van der Waals surface area (Å²) in [7, 11) is 4.17. The maximum absolute atomic E-state index is 5.82. The molecule has 2 rings (SSSR count). The molecule has 0 spiro atoms. The predicted molar refractivity (Wildman–Crippen MR) is 115 cm³/mol. The van der Waals surface area contributed by atoms with Crippen LogP contribution >= 0.6 is 12.2 Å². The average Bonchev–Trinajstić information content (AvgIpc) is 2.58. The van der Waals surface area contributed by atoms with E-state index in [1.165, 1.54) is 22.3 Å². The Morgan fingerprint density at radius 1 is 1.08 bits per heavy atom. The number of nitrogens with zero attached hydrogens (tertiary/aromatic N) is 3. The highest BCUT2D eigenvalue weighted by Gasteiger charge is 2.20. The van der Waals surface area contributed by atoms with Crippen LogP contribution in [0.2, 0.25) is 0 Å². The van der Waals surface area contributed by atoms with Gasteiger partial charge in [0.15, 0.2) is 5.11 Å². The van der Waals surface area contributed by atoms with Crippen LogP contribution in [-0.2, 0) is 0 Å². The summed E-state index contributed by atoms with van der Waals surface area (Å²) in [6.45, 7) is 10.4. The molecule has 1 atom stereocenters. The topological polar surface area (TPSA) is 31.4 Å². The van der Waals surface area contributed by atoms with Crippen molar-refractivity contribution in [3.05, 3.63) is 58.9 Å². The lowest BCUT2D eigenvalue weighted by molar-refractivity contribution is 0.289. The zero-order valence-electron chi connectivity index (χ0n) is 16.7. The minimum absolute atomic E-state index is 0.170. The second-order valence-electron chi connectivity index (χ2n) is 7.16. The van der Waals surface area contributed by atoms with Gasteiger partial charge >= 0.3 is 0 Å². The number of pyridine rings is 1. The molecule has 0 unspecified atom stereocenters. The molecule has 4 nitrogen and oxygen atoms in total. The van der Waals surface area contributed by atoms with E-state index in [2.05, 4.69) is 86.2 Å². The largest absolute Gasteiger partial charge is 0.341 e. The van der Waals surface area contributed by atoms with E-state index in [-0.39, 0.29) is 6.04 Å². The molecule has 140 valence electrons. The number of anilines is 1. The summed E-state index contributed by atoms with van der Waals surface area (Å²) in [5.41, 5.74) is 6.02. The lowest BCUT2D eigenvalue weighted by Crippen LogP contribution is -2.41. The van der Waals surface area contributed by atoms with E-state index in [1.807, 2.05) is 12.4 Å². The van der Waals surface area contributed by atoms with Gasteiger partial charge in [0.05, 0.1) is 6.04 Å². The molecule has 0 saturated heterocycles. The van der Waals surface area contributed by atoms with Gasteiger partial charge in [0.25, 0.3) is 0 Å². The highest BCUT2D eigenvalue weighted by atomic mass is 32.1. The van der Waals surface area contributed by atoms with Crippen molar-refractivity contribution in [2.45, 2.75) is 33.7 Å². The summed E-state index contributed by atoms with van der Waals surface area (Å²) in [6.07, 6.45) is 3.67. The molecule has 1 aromatic carbocycles. The first-order valence-corrected chi connectivity index (χ1v) is 9.40. The number of benzene rings is 1. The first kappa shape index (κ1) is 20.3. The van der Waals surface area contributed by atoms with E-state index in [9.17, 15) is 0 Å². The molecule has 1 aromatic heterocycles. The van der Waals surface area contributed by atoms with Crippen LogP contribution in [0.4, 0.5) is 5.69 Å². The number of hydrogen-bond donors (Lipinski definition) is 1. The molecule has 0 amide bonds. The summed E-state index contributed by atoms with van der Waals surface area (Å²) < 4.78 is 0. The van der Waals surface area contributed by atoms with E-state index in [0.717, 1.165) is 23.9 Å². The summed E-state index contributed by atoms with van der Waals surface area (Å²) in [5.74, 6) is 0. The number of likely N-dealkylation sites (N-methyl/N-ethyl adjacent to an activating group) is 1. The smallest absolute Gasteiger partial charge is 0.173 e. The zero-order valence-corrected chi connectivity index (χ0v) is 17.5. The third-order valence-electron chi connectivity index (χ3n) is 4.61. The molecule has 1 N–H and O–H groups in total. The first-order valence-electron chi connectivity index (χ1n) is 8.99. The van der Waals surface area contributed by atoms with E-state index in [0.29, 0.717) is 0 Å². The van der Waals surface area contributed by atoms with Gasteiger partial charge in [-0.25, -0.2) is 0 Å². The highest BCUT2D eigenvalue weighted by Crippen LogP contribution is 2.25. The SMILES string of the molecule is Cc1cc(C)c(NC(=S)N(CCN(C)C)[C@H](C)c2ccncc2)c(C)c1. The molecule has 0 fully saturated rings. The number of rotatable bonds is 6. The minimum atomic E-state index is 0.170. The maximum Gasteiger partial charge on any atom is 0.173 e. The van der Waals surface area contributed by atoms with Crippen molar-refractivity contribution >= 4 is 23.0 Å². The van der Waals surface area contributed by atoms with Gasteiger partial charge in [0.2, 0.25) is 0 Å². The number of nitrogens with one attached hydrogen (secondary N) is 1. The Morgan fingerprint density at radius 2 is 1.65 bits per heavy atom. The van der Waals surface area contributed by atoms with Gasteiger partial charge in [-0.05, 0) is 82.8 Å². The van der Waals surface area contributed by atoms with Crippen molar-refractivity contribution in [3.8, 4) is 0 Å². The van der Waals surface area contributed by atoms with E-state index in [1.54, 1.807) is 0 Å². The summed E-state index contributed by atoms with van der Waals surface area (Å²) in [4.78, 5) is 8.56. The van der Waals surface area contributed by atoms with Crippen LogP contribution < -0.4 is 5.32 Å². The molecule has 0 aliphatic heterocycles. The van der Waals surface area contributed by atoms with Gasteiger partial charge < -0.3 is 15.1 Å². The molecule has 0 radical (unpaired) electrons. The fraction of sp³-hybridized carbons (Fsp3) is 0.429. The lowest BCUT2D eigenvalue weighted by Gasteiger charge is -2.33. The Balaban J connectivity index is 2.25. The molecule has 26 heavy (non-hydrogen) atoms. The highest BCUT2D eigenvalue weighted by molar-refractivity contribution is 7.80. The summed E-state index contributed by atoms with van der Waals surface area (Å²) >= 11 is 5.82. The van der Waals surface area contributed by atoms with Crippen LogP contribution in [-0.4, -0.2) is 47.1 Å². The van der Waals surface area contributed by atoms with E-state index < -0.39 is 0 Å². The Morgan fingerprint density at radius 3 is 2.19 bits per heavy atom. The minimum Gasteiger partial charge on any atom is -0.341 e. The molecular weight excluding hydrogens is 340 g/mol. The molecule has 0 bridgehead atoms. The van der Waals surface area contributed by atoms with Gasteiger partial charge in [0.1, 0.15) is 0 Å².